The van der Waals surface area contributed by atoms with E-state index in [4.69, 9.17) is 0 Å². The molecule has 0 bridgehead atoms. The Morgan fingerprint density at radius 3 is 2.18 bits per heavy atom. The molecule has 1 heterocycles. The smallest absolute Gasteiger partial charge is 0.323 e. The summed E-state index contributed by atoms with van der Waals surface area (Å²) in [6.45, 7) is -0.133. The Kier molecular flexibility index (Phi) is 6.12. The van der Waals surface area contributed by atoms with Crippen LogP contribution in [0, 0.1) is 0 Å². The lowest BCUT2D eigenvalue weighted by atomic mass is 10.1. The van der Waals surface area contributed by atoms with Gasteiger partial charge < -0.3 is 10.6 Å². The Balaban J connectivity index is 1.47. The van der Waals surface area contributed by atoms with Gasteiger partial charge in [0.1, 0.15) is 6.54 Å². The van der Waals surface area contributed by atoms with E-state index in [0.29, 0.717) is 22.6 Å². The third-order valence-electron chi connectivity index (χ3n) is 5.09. The molecule has 0 radical (unpaired) electrons. The maximum atomic E-state index is 13.0. The molecule has 0 saturated carbocycles. The largest absolute Gasteiger partial charge is 0.341 e. The van der Waals surface area contributed by atoms with E-state index >= 15 is 0 Å². The fourth-order valence-corrected chi connectivity index (χ4v) is 4.09. The summed E-state index contributed by atoms with van der Waals surface area (Å²) in [5.41, 5.74) is 1.81. The van der Waals surface area contributed by atoms with Crippen LogP contribution < -0.4 is 15.5 Å². The fraction of sp³-hybridized carbons (Fsp3) is 0.0870. The summed E-state index contributed by atoms with van der Waals surface area (Å²) in [5, 5.41) is 5.29. The van der Waals surface area contributed by atoms with Crippen LogP contribution in [-0.2, 0) is 14.6 Å². The van der Waals surface area contributed by atoms with Crippen molar-refractivity contribution in [2.24, 2.45) is 0 Å². The first kappa shape index (κ1) is 23.1. The summed E-state index contributed by atoms with van der Waals surface area (Å²) < 4.78 is 48.2. The van der Waals surface area contributed by atoms with Crippen molar-refractivity contribution in [3.8, 4) is 0 Å². The molecule has 4 rings (SSSR count). The zero-order valence-electron chi connectivity index (χ0n) is 17.4. The second-order valence-corrected chi connectivity index (χ2v) is 9.24. The van der Waals surface area contributed by atoms with Gasteiger partial charge in [0.15, 0.2) is 0 Å². The van der Waals surface area contributed by atoms with Crippen molar-refractivity contribution in [1.82, 2.24) is 0 Å². The lowest BCUT2D eigenvalue weighted by Crippen LogP contribution is -2.42. The quantitative estimate of drug-likeness (QED) is 0.574. The summed E-state index contributed by atoms with van der Waals surface area (Å²) in [6, 6.07) is 17.0. The molecule has 0 fully saturated rings. The van der Waals surface area contributed by atoms with Crippen LogP contribution >= 0.6 is 0 Å². The fourth-order valence-electron chi connectivity index (χ4n) is 3.37. The van der Waals surface area contributed by atoms with Crippen LogP contribution in [0.1, 0.15) is 20.7 Å². The predicted molar refractivity (Wildman–Crippen MR) is 121 cm³/mol. The summed E-state index contributed by atoms with van der Waals surface area (Å²) in [7, 11) is -4.75. The normalized spacial score (nSPS) is 13.3. The van der Waals surface area contributed by atoms with Crippen LogP contribution in [0.25, 0.3) is 0 Å². The van der Waals surface area contributed by atoms with E-state index in [2.05, 4.69) is 10.6 Å². The number of hydrogen-bond acceptors (Lipinski definition) is 5. The minimum absolute atomic E-state index is 0.0595. The second-order valence-electron chi connectivity index (χ2n) is 7.32. The average Bonchev–Trinajstić information content (AvgIpc) is 2.83. The van der Waals surface area contributed by atoms with E-state index in [-0.39, 0.29) is 18.0 Å². The van der Waals surface area contributed by atoms with Gasteiger partial charge in [-0.25, -0.2) is 8.42 Å². The van der Waals surface area contributed by atoms with Crippen LogP contribution in [0.3, 0.4) is 0 Å². The van der Waals surface area contributed by atoms with E-state index in [1.54, 1.807) is 24.3 Å². The highest BCUT2D eigenvalue weighted by Gasteiger charge is 2.28. The minimum atomic E-state index is -4.75. The van der Waals surface area contributed by atoms with E-state index < -0.39 is 32.3 Å². The third kappa shape index (κ3) is 4.50. The predicted octanol–water partition coefficient (Wildman–Crippen LogP) is 3.53. The van der Waals surface area contributed by atoms with Crippen molar-refractivity contribution in [1.29, 1.82) is 0 Å². The monoisotopic (exact) mass is 485 g/mol. The summed E-state index contributed by atoms with van der Waals surface area (Å²) in [4.78, 5) is 38.1. The van der Waals surface area contributed by atoms with Crippen LogP contribution in [-0.4, -0.2) is 38.4 Å². The van der Waals surface area contributed by atoms with Crippen LogP contribution in [0.15, 0.2) is 77.7 Å². The van der Waals surface area contributed by atoms with Crippen LogP contribution in [0.5, 0.6) is 0 Å². The molecule has 34 heavy (non-hydrogen) atoms. The third-order valence-corrected chi connectivity index (χ3v) is 6.48. The molecular weight excluding hydrogens is 468 g/mol. The number of amides is 3. The number of nitrogens with zero attached hydrogens (tertiary/aromatic N) is 1. The number of benzene rings is 3. The van der Waals surface area contributed by atoms with Gasteiger partial charge in [-0.1, -0.05) is 12.1 Å². The van der Waals surface area contributed by atoms with Gasteiger partial charge in [0.2, 0.25) is 15.7 Å². The number of nitrogens with one attached hydrogen (secondary N) is 2. The van der Waals surface area contributed by atoms with Crippen molar-refractivity contribution >= 4 is 44.6 Å². The Hall–Kier alpha value is -4.12. The molecule has 0 aromatic heterocycles. The van der Waals surface area contributed by atoms with E-state index in [0.717, 1.165) is 24.3 Å². The molecule has 2 N–H and O–H groups in total. The molecule has 0 saturated heterocycles. The lowest BCUT2D eigenvalue weighted by Gasteiger charge is -2.29. The first-order valence-electron chi connectivity index (χ1n) is 9.91. The first-order chi connectivity index (χ1) is 16.2. The molecule has 174 valence electrons. The molecule has 11 heteroatoms. The lowest BCUT2D eigenvalue weighted by molar-refractivity contribution is -0.115. The standard InChI is InChI=1S/C23H17F2N3O5S/c24-23(25)34(32,33)17-11-7-14(8-12-17)21(30)26-16-9-5-15(6-10-16)22(31)28-13-20(29)27-18-3-1-2-4-19(18)28/h1-12,23H,13H2,(H,26,30)(H,27,29). The number of halogens is 2. The zero-order valence-corrected chi connectivity index (χ0v) is 18.2. The highest BCUT2D eigenvalue weighted by atomic mass is 32.2. The minimum Gasteiger partial charge on any atom is -0.323 e. The van der Waals surface area contributed by atoms with Crippen LogP contribution in [0.4, 0.5) is 25.8 Å². The Bertz CT molecular complexity index is 1370. The van der Waals surface area contributed by atoms with Gasteiger partial charge >= 0.3 is 5.76 Å². The number of rotatable bonds is 5. The number of fused-ring (bicyclic) bond motifs is 1. The highest BCUT2D eigenvalue weighted by molar-refractivity contribution is 7.91. The molecule has 0 atom stereocenters. The van der Waals surface area contributed by atoms with Gasteiger partial charge in [-0.05, 0) is 60.7 Å². The second kappa shape index (κ2) is 9.02. The van der Waals surface area contributed by atoms with Crippen molar-refractivity contribution in [2.45, 2.75) is 10.7 Å². The topological polar surface area (TPSA) is 113 Å². The number of carbonyl (C=O) groups excluding carboxylic acids is 3. The van der Waals surface area contributed by atoms with Gasteiger partial charge in [0, 0.05) is 16.8 Å². The summed E-state index contributed by atoms with van der Waals surface area (Å²) in [5.74, 6) is -4.86. The molecule has 0 unspecified atom stereocenters. The Morgan fingerprint density at radius 1 is 0.912 bits per heavy atom. The number of carbonyl (C=O) groups is 3. The van der Waals surface area contributed by atoms with Crippen molar-refractivity contribution in [3.63, 3.8) is 0 Å². The summed E-state index contributed by atoms with van der Waals surface area (Å²) in [6.07, 6.45) is 0. The molecule has 8 nitrogen and oxygen atoms in total. The number of anilines is 3. The van der Waals surface area contributed by atoms with E-state index in [1.165, 1.54) is 29.2 Å². The molecule has 3 amide bonds. The first-order valence-corrected chi connectivity index (χ1v) is 11.5. The molecule has 0 spiro atoms. The maximum Gasteiger partial charge on any atom is 0.341 e. The molecule has 3 aromatic carbocycles. The molecule has 1 aliphatic rings. The van der Waals surface area contributed by atoms with Gasteiger partial charge in [-0.15, -0.1) is 0 Å². The number of sulfone groups is 1. The Morgan fingerprint density at radius 2 is 1.53 bits per heavy atom. The van der Waals surface area contributed by atoms with Gasteiger partial charge in [-0.2, -0.15) is 8.78 Å². The van der Waals surface area contributed by atoms with Crippen molar-refractivity contribution < 1.29 is 31.6 Å². The average molecular weight is 485 g/mol. The van der Waals surface area contributed by atoms with Gasteiger partial charge in [-0.3, -0.25) is 19.3 Å². The molecule has 1 aliphatic heterocycles. The van der Waals surface area contributed by atoms with Gasteiger partial charge in [0.25, 0.3) is 11.8 Å². The van der Waals surface area contributed by atoms with Gasteiger partial charge in [0.05, 0.1) is 16.3 Å². The van der Waals surface area contributed by atoms with Crippen molar-refractivity contribution in [3.05, 3.63) is 83.9 Å². The zero-order chi connectivity index (χ0) is 24.5. The molecular formula is C23H17F2N3O5S. The highest BCUT2D eigenvalue weighted by Crippen LogP contribution is 2.30. The SMILES string of the molecule is O=C1CN(C(=O)c2ccc(NC(=O)c3ccc(S(=O)(=O)C(F)F)cc3)cc2)c2ccccc2N1. The van der Waals surface area contributed by atoms with E-state index in [9.17, 15) is 31.6 Å². The van der Waals surface area contributed by atoms with E-state index in [1.807, 2.05) is 0 Å². The Labute approximate surface area is 193 Å². The number of para-hydroxylation sites is 2. The molecule has 0 aliphatic carbocycles. The molecule has 3 aromatic rings. The summed E-state index contributed by atoms with van der Waals surface area (Å²) >= 11 is 0. The number of alkyl halides is 2. The van der Waals surface area contributed by atoms with Crippen molar-refractivity contribution in [2.75, 3.05) is 22.1 Å². The maximum absolute atomic E-state index is 13.0. The number of hydrogen-bond donors (Lipinski definition) is 2. The van der Waals surface area contributed by atoms with Crippen LogP contribution in [0.2, 0.25) is 0 Å².